The average Bonchev–Trinajstić information content (AvgIpc) is 2.28. The Kier molecular flexibility index (Phi) is 2.76. The molecular weight excluding hydrogens is 216 g/mol. The van der Waals surface area contributed by atoms with E-state index < -0.39 is 5.60 Å². The Morgan fingerprint density at radius 3 is 2.71 bits per heavy atom. The van der Waals surface area contributed by atoms with Gasteiger partial charge in [0.2, 0.25) is 0 Å². The van der Waals surface area contributed by atoms with Crippen LogP contribution in [-0.2, 0) is 0 Å². The van der Waals surface area contributed by atoms with Crippen molar-refractivity contribution in [3.8, 4) is 5.75 Å². The molecule has 0 saturated carbocycles. The van der Waals surface area contributed by atoms with Gasteiger partial charge in [-0.2, -0.15) is 0 Å². The lowest BCUT2D eigenvalue weighted by Crippen LogP contribution is -2.24. The molecule has 0 bridgehead atoms. The normalized spacial score (nSPS) is 11.4. The van der Waals surface area contributed by atoms with Crippen molar-refractivity contribution in [3.63, 3.8) is 0 Å². The van der Waals surface area contributed by atoms with Gasteiger partial charge in [-0.3, -0.25) is 0 Å². The maximum absolute atomic E-state index is 11.1. The van der Waals surface area contributed by atoms with Crippen molar-refractivity contribution in [1.82, 2.24) is 0 Å². The van der Waals surface area contributed by atoms with Crippen LogP contribution in [0.25, 0.3) is 11.0 Å². The third kappa shape index (κ3) is 2.56. The highest BCUT2D eigenvalue weighted by Gasteiger charge is 2.14. The molecule has 0 fully saturated rings. The van der Waals surface area contributed by atoms with Crippen molar-refractivity contribution in [3.05, 3.63) is 53.4 Å². The molecule has 0 aliphatic rings. The van der Waals surface area contributed by atoms with Gasteiger partial charge < -0.3 is 9.15 Å². The zero-order chi connectivity index (χ0) is 12.5. The third-order valence-electron chi connectivity index (χ3n) is 2.47. The molecule has 3 heteroatoms. The molecule has 0 amide bonds. The first-order valence-corrected chi connectivity index (χ1v) is 5.37. The summed E-state index contributed by atoms with van der Waals surface area (Å²) in [5.74, 6) is 0.650. The van der Waals surface area contributed by atoms with Gasteiger partial charge in [-0.15, -0.1) is 0 Å². The van der Waals surface area contributed by atoms with E-state index in [1.807, 2.05) is 26.0 Å². The van der Waals surface area contributed by atoms with Gasteiger partial charge >= 0.3 is 5.63 Å². The fourth-order valence-corrected chi connectivity index (χ4v) is 1.45. The Hall–Kier alpha value is -2.03. The summed E-state index contributed by atoms with van der Waals surface area (Å²) in [4.78, 5) is 11.1. The zero-order valence-electron chi connectivity index (χ0n) is 9.90. The first-order valence-electron chi connectivity index (χ1n) is 5.37. The summed E-state index contributed by atoms with van der Waals surface area (Å²) in [6, 6.07) is 8.53. The van der Waals surface area contributed by atoms with Crippen molar-refractivity contribution in [2.75, 3.05) is 0 Å². The molecule has 2 aromatic rings. The molecule has 0 aliphatic heterocycles. The summed E-state index contributed by atoms with van der Waals surface area (Å²) in [6.45, 7) is 7.52. The molecule has 3 nitrogen and oxygen atoms in total. The van der Waals surface area contributed by atoms with Gasteiger partial charge in [0, 0.05) is 17.5 Å². The summed E-state index contributed by atoms with van der Waals surface area (Å²) < 4.78 is 10.8. The summed E-state index contributed by atoms with van der Waals surface area (Å²) in [7, 11) is 0. The van der Waals surface area contributed by atoms with Gasteiger partial charge in [0.15, 0.2) is 0 Å². The van der Waals surface area contributed by atoms with E-state index in [4.69, 9.17) is 9.15 Å². The van der Waals surface area contributed by atoms with E-state index >= 15 is 0 Å². The third-order valence-corrected chi connectivity index (χ3v) is 2.47. The maximum Gasteiger partial charge on any atom is 0.336 e. The first-order chi connectivity index (χ1) is 8.00. The van der Waals surface area contributed by atoms with Crippen LogP contribution in [0.1, 0.15) is 13.8 Å². The topological polar surface area (TPSA) is 39.4 Å². The number of hydrogen-bond acceptors (Lipinski definition) is 3. The van der Waals surface area contributed by atoms with Crippen LogP contribution in [-0.4, -0.2) is 5.60 Å². The van der Waals surface area contributed by atoms with E-state index in [1.54, 1.807) is 18.2 Å². The Labute approximate surface area is 99.3 Å². The minimum atomic E-state index is -0.456. The molecule has 1 aromatic carbocycles. The smallest absolute Gasteiger partial charge is 0.336 e. The predicted molar refractivity (Wildman–Crippen MR) is 67.4 cm³/mol. The molecular formula is C14H14O3. The highest BCUT2D eigenvalue weighted by molar-refractivity contribution is 5.77. The number of hydrogen-bond donors (Lipinski definition) is 0. The van der Waals surface area contributed by atoms with Crippen LogP contribution in [0.5, 0.6) is 5.75 Å². The Bertz CT molecular complexity index is 608. The number of rotatable bonds is 3. The van der Waals surface area contributed by atoms with Crippen molar-refractivity contribution in [2.45, 2.75) is 19.4 Å². The van der Waals surface area contributed by atoms with Crippen LogP contribution in [0.4, 0.5) is 0 Å². The first kappa shape index (κ1) is 11.5. The Morgan fingerprint density at radius 2 is 2.00 bits per heavy atom. The second kappa shape index (κ2) is 4.09. The lowest BCUT2D eigenvalue weighted by atomic mass is 10.1. The summed E-state index contributed by atoms with van der Waals surface area (Å²) in [5.41, 5.74) is -0.296. The second-order valence-corrected chi connectivity index (χ2v) is 4.36. The Morgan fingerprint density at radius 1 is 1.29 bits per heavy atom. The van der Waals surface area contributed by atoms with E-state index in [1.165, 1.54) is 6.07 Å². The monoisotopic (exact) mass is 230 g/mol. The number of fused-ring (bicyclic) bond motifs is 1. The van der Waals surface area contributed by atoms with Crippen LogP contribution in [0.15, 0.2) is 52.2 Å². The minimum absolute atomic E-state index is 0.363. The molecule has 0 aliphatic carbocycles. The van der Waals surface area contributed by atoms with Gasteiger partial charge in [0.05, 0.1) is 0 Å². The van der Waals surface area contributed by atoms with E-state index in [9.17, 15) is 4.79 Å². The van der Waals surface area contributed by atoms with Gasteiger partial charge in [0.25, 0.3) is 0 Å². The quantitative estimate of drug-likeness (QED) is 0.600. The molecule has 17 heavy (non-hydrogen) atoms. The molecule has 0 radical (unpaired) electrons. The van der Waals surface area contributed by atoms with E-state index in [0.29, 0.717) is 11.3 Å². The van der Waals surface area contributed by atoms with Crippen molar-refractivity contribution in [1.29, 1.82) is 0 Å². The maximum atomic E-state index is 11.1. The summed E-state index contributed by atoms with van der Waals surface area (Å²) in [6.07, 6.45) is 1.72. The van der Waals surface area contributed by atoms with E-state index in [0.717, 1.165) is 5.39 Å². The summed E-state index contributed by atoms with van der Waals surface area (Å²) in [5, 5.41) is 0.869. The molecule has 88 valence electrons. The standard InChI is InChI=1S/C14H14O3/c1-4-14(2,3)17-11-7-5-10-6-8-13(15)16-12(10)9-11/h4-9H,1H2,2-3H3. The lowest BCUT2D eigenvalue weighted by Gasteiger charge is -2.22. The van der Waals surface area contributed by atoms with Crippen LogP contribution < -0.4 is 10.4 Å². The highest BCUT2D eigenvalue weighted by atomic mass is 16.5. The van der Waals surface area contributed by atoms with E-state index in [2.05, 4.69) is 6.58 Å². The van der Waals surface area contributed by atoms with Crippen LogP contribution >= 0.6 is 0 Å². The minimum Gasteiger partial charge on any atom is -0.484 e. The molecule has 0 spiro atoms. The summed E-state index contributed by atoms with van der Waals surface area (Å²) >= 11 is 0. The average molecular weight is 230 g/mol. The molecule has 0 N–H and O–H groups in total. The van der Waals surface area contributed by atoms with Crippen LogP contribution in [0.2, 0.25) is 0 Å². The van der Waals surface area contributed by atoms with Crippen molar-refractivity contribution >= 4 is 11.0 Å². The zero-order valence-corrected chi connectivity index (χ0v) is 9.90. The van der Waals surface area contributed by atoms with Crippen molar-refractivity contribution < 1.29 is 9.15 Å². The van der Waals surface area contributed by atoms with Gasteiger partial charge in [-0.25, -0.2) is 4.79 Å². The fourth-order valence-electron chi connectivity index (χ4n) is 1.45. The highest BCUT2D eigenvalue weighted by Crippen LogP contribution is 2.23. The largest absolute Gasteiger partial charge is 0.484 e. The SMILES string of the molecule is C=CC(C)(C)Oc1ccc2ccc(=O)oc2c1. The second-order valence-electron chi connectivity index (χ2n) is 4.36. The molecule has 2 rings (SSSR count). The molecule has 1 heterocycles. The molecule has 0 atom stereocenters. The van der Waals surface area contributed by atoms with Gasteiger partial charge in [0.1, 0.15) is 16.9 Å². The van der Waals surface area contributed by atoms with Crippen LogP contribution in [0, 0.1) is 0 Å². The van der Waals surface area contributed by atoms with Crippen LogP contribution in [0.3, 0.4) is 0 Å². The van der Waals surface area contributed by atoms with Gasteiger partial charge in [-0.1, -0.05) is 6.58 Å². The fraction of sp³-hybridized carbons (Fsp3) is 0.214. The Balaban J connectivity index is 2.44. The van der Waals surface area contributed by atoms with Gasteiger partial charge in [-0.05, 0) is 38.1 Å². The van der Waals surface area contributed by atoms with E-state index in [-0.39, 0.29) is 5.63 Å². The molecule has 0 saturated heterocycles. The van der Waals surface area contributed by atoms with Crippen molar-refractivity contribution in [2.24, 2.45) is 0 Å². The number of benzene rings is 1. The lowest BCUT2D eigenvalue weighted by molar-refractivity contribution is 0.162. The molecule has 0 unspecified atom stereocenters. The predicted octanol–water partition coefficient (Wildman–Crippen LogP) is 3.14. The number of ether oxygens (including phenoxy) is 1. The molecule has 1 aromatic heterocycles.